The average Bonchev–Trinajstić information content (AvgIpc) is 3.35. The number of nitrogens with zero attached hydrogens (tertiary/aromatic N) is 4. The molecule has 1 aromatic heterocycles. The molecule has 2 heterocycles. The van der Waals surface area contributed by atoms with E-state index < -0.39 is 0 Å². The summed E-state index contributed by atoms with van der Waals surface area (Å²) in [4.78, 5) is 5.35. The van der Waals surface area contributed by atoms with Gasteiger partial charge in [0.05, 0.1) is 5.69 Å². The molecule has 2 aromatic carbocycles. The maximum absolute atomic E-state index is 4.36. The minimum Gasteiger partial charge on any atom is -0.298 e. The van der Waals surface area contributed by atoms with Gasteiger partial charge in [0.25, 0.3) is 0 Å². The van der Waals surface area contributed by atoms with Crippen molar-refractivity contribution >= 4 is 0 Å². The van der Waals surface area contributed by atoms with Gasteiger partial charge in [0.2, 0.25) is 0 Å². The summed E-state index contributed by atoms with van der Waals surface area (Å²) in [7, 11) is 0. The SMILES string of the molecule is c1cc(CN2CCCN(C3Cc4ccccc4C3)CC2)cc(-n2cccn2)c1. The monoisotopic (exact) mass is 372 g/mol. The van der Waals surface area contributed by atoms with Crippen molar-refractivity contribution in [2.75, 3.05) is 26.2 Å². The summed E-state index contributed by atoms with van der Waals surface area (Å²) in [6.45, 7) is 5.76. The molecule has 0 saturated carbocycles. The van der Waals surface area contributed by atoms with Gasteiger partial charge in [0.15, 0.2) is 0 Å². The third kappa shape index (κ3) is 3.75. The second-order valence-electron chi connectivity index (χ2n) is 8.12. The molecular formula is C24H28N4. The fourth-order valence-corrected chi connectivity index (χ4v) is 4.79. The van der Waals surface area contributed by atoms with Gasteiger partial charge in [-0.2, -0.15) is 5.10 Å². The molecule has 28 heavy (non-hydrogen) atoms. The number of hydrogen-bond donors (Lipinski definition) is 0. The molecule has 1 aliphatic carbocycles. The molecule has 3 aromatic rings. The lowest BCUT2D eigenvalue weighted by Gasteiger charge is -2.27. The smallest absolute Gasteiger partial charge is 0.0648 e. The number of fused-ring (bicyclic) bond motifs is 1. The van der Waals surface area contributed by atoms with E-state index in [0.717, 1.165) is 18.8 Å². The van der Waals surface area contributed by atoms with Crippen molar-refractivity contribution < 1.29 is 0 Å². The van der Waals surface area contributed by atoms with Crippen LogP contribution in [0.15, 0.2) is 67.0 Å². The van der Waals surface area contributed by atoms with Crippen LogP contribution in [0.25, 0.3) is 5.69 Å². The van der Waals surface area contributed by atoms with Gasteiger partial charge in [-0.25, -0.2) is 4.68 Å². The Kier molecular flexibility index (Phi) is 4.98. The standard InChI is InChI=1S/C24H28N4/c1-2-8-22-18-24(17-21(22)7-1)27-12-5-11-26(14-15-27)19-20-6-3-9-23(16-20)28-13-4-10-25-28/h1-4,6-10,13,16,24H,5,11-12,14-15,17-19H2. The number of aromatic nitrogens is 2. The minimum absolute atomic E-state index is 0.695. The molecule has 0 radical (unpaired) electrons. The summed E-state index contributed by atoms with van der Waals surface area (Å²) >= 11 is 0. The maximum atomic E-state index is 4.36. The van der Waals surface area contributed by atoms with Crippen LogP contribution in [0.5, 0.6) is 0 Å². The van der Waals surface area contributed by atoms with Gasteiger partial charge in [-0.3, -0.25) is 9.80 Å². The summed E-state index contributed by atoms with van der Waals surface area (Å²) in [6, 6.07) is 20.4. The van der Waals surface area contributed by atoms with Crippen molar-refractivity contribution in [3.63, 3.8) is 0 Å². The van der Waals surface area contributed by atoms with E-state index in [1.165, 1.54) is 44.5 Å². The lowest BCUT2D eigenvalue weighted by Crippen LogP contribution is -2.38. The second kappa shape index (κ2) is 7.90. The zero-order valence-corrected chi connectivity index (χ0v) is 16.4. The van der Waals surface area contributed by atoms with Gasteiger partial charge in [-0.05, 0) is 67.2 Å². The molecule has 0 bridgehead atoms. The predicted molar refractivity (Wildman–Crippen MR) is 113 cm³/mol. The Bertz CT molecular complexity index is 893. The van der Waals surface area contributed by atoms with Crippen LogP contribution in [0.1, 0.15) is 23.1 Å². The van der Waals surface area contributed by atoms with Crippen LogP contribution in [-0.4, -0.2) is 51.8 Å². The van der Waals surface area contributed by atoms with Crippen molar-refractivity contribution in [1.29, 1.82) is 0 Å². The lowest BCUT2D eigenvalue weighted by molar-refractivity contribution is 0.201. The van der Waals surface area contributed by atoms with Crippen LogP contribution >= 0.6 is 0 Å². The molecule has 1 aliphatic heterocycles. The summed E-state index contributed by atoms with van der Waals surface area (Å²) in [5.74, 6) is 0. The van der Waals surface area contributed by atoms with Crippen molar-refractivity contribution in [3.05, 3.63) is 83.7 Å². The molecule has 0 atom stereocenters. The van der Waals surface area contributed by atoms with Gasteiger partial charge < -0.3 is 0 Å². The first kappa shape index (κ1) is 17.7. The van der Waals surface area contributed by atoms with Crippen molar-refractivity contribution in [3.8, 4) is 5.69 Å². The van der Waals surface area contributed by atoms with Crippen LogP contribution in [0.3, 0.4) is 0 Å². The molecule has 4 heteroatoms. The molecule has 0 unspecified atom stereocenters. The van der Waals surface area contributed by atoms with Gasteiger partial charge in [-0.1, -0.05) is 36.4 Å². The van der Waals surface area contributed by atoms with Crippen LogP contribution in [0, 0.1) is 0 Å². The Balaban J connectivity index is 1.21. The highest BCUT2D eigenvalue weighted by atomic mass is 15.3. The van der Waals surface area contributed by atoms with Crippen LogP contribution < -0.4 is 0 Å². The summed E-state index contributed by atoms with van der Waals surface area (Å²) in [5, 5.41) is 4.36. The Hall–Kier alpha value is -2.43. The van der Waals surface area contributed by atoms with E-state index in [1.54, 1.807) is 11.1 Å². The molecule has 4 nitrogen and oxygen atoms in total. The maximum Gasteiger partial charge on any atom is 0.0648 e. The highest BCUT2D eigenvalue weighted by Gasteiger charge is 2.27. The first-order valence-electron chi connectivity index (χ1n) is 10.5. The Labute approximate surface area is 167 Å². The molecule has 2 aliphatic rings. The van der Waals surface area contributed by atoms with Crippen LogP contribution in [0.4, 0.5) is 0 Å². The van der Waals surface area contributed by atoms with Crippen LogP contribution in [0.2, 0.25) is 0 Å². The van der Waals surface area contributed by atoms with E-state index >= 15 is 0 Å². The normalized spacial score (nSPS) is 18.9. The number of rotatable bonds is 4. The Morgan fingerprint density at radius 3 is 2.50 bits per heavy atom. The fourth-order valence-electron chi connectivity index (χ4n) is 4.79. The molecule has 0 N–H and O–H groups in total. The van der Waals surface area contributed by atoms with E-state index in [9.17, 15) is 0 Å². The molecule has 1 fully saturated rings. The van der Waals surface area contributed by atoms with E-state index in [1.807, 2.05) is 23.1 Å². The fraction of sp³-hybridized carbons (Fsp3) is 0.375. The third-order valence-corrected chi connectivity index (χ3v) is 6.25. The quantitative estimate of drug-likeness (QED) is 0.700. The second-order valence-corrected chi connectivity index (χ2v) is 8.12. The average molecular weight is 373 g/mol. The first-order chi connectivity index (χ1) is 13.8. The van der Waals surface area contributed by atoms with Gasteiger partial charge >= 0.3 is 0 Å². The van der Waals surface area contributed by atoms with E-state index in [-0.39, 0.29) is 0 Å². The highest BCUT2D eigenvalue weighted by molar-refractivity contribution is 5.35. The van der Waals surface area contributed by atoms with Crippen molar-refractivity contribution in [2.24, 2.45) is 0 Å². The van der Waals surface area contributed by atoms with E-state index in [4.69, 9.17) is 0 Å². The highest BCUT2D eigenvalue weighted by Crippen LogP contribution is 2.26. The molecule has 1 saturated heterocycles. The van der Waals surface area contributed by atoms with Gasteiger partial charge in [-0.15, -0.1) is 0 Å². The Morgan fingerprint density at radius 2 is 1.71 bits per heavy atom. The zero-order valence-electron chi connectivity index (χ0n) is 16.4. The van der Waals surface area contributed by atoms with Crippen molar-refractivity contribution in [2.45, 2.75) is 31.8 Å². The molecular weight excluding hydrogens is 344 g/mol. The zero-order chi connectivity index (χ0) is 18.8. The van der Waals surface area contributed by atoms with Gasteiger partial charge in [0, 0.05) is 38.1 Å². The summed E-state index contributed by atoms with van der Waals surface area (Å²) in [6.07, 6.45) is 7.54. The first-order valence-corrected chi connectivity index (χ1v) is 10.5. The topological polar surface area (TPSA) is 24.3 Å². The third-order valence-electron chi connectivity index (χ3n) is 6.25. The predicted octanol–water partition coefficient (Wildman–Crippen LogP) is 3.55. The molecule has 0 spiro atoms. The summed E-state index contributed by atoms with van der Waals surface area (Å²) < 4.78 is 1.94. The van der Waals surface area contributed by atoms with Gasteiger partial charge in [0.1, 0.15) is 0 Å². The van der Waals surface area contributed by atoms with Crippen LogP contribution in [-0.2, 0) is 19.4 Å². The minimum atomic E-state index is 0.695. The largest absolute Gasteiger partial charge is 0.298 e. The number of hydrogen-bond acceptors (Lipinski definition) is 3. The molecule has 144 valence electrons. The van der Waals surface area contributed by atoms with E-state index in [0.29, 0.717) is 6.04 Å². The molecule has 0 amide bonds. The lowest BCUT2D eigenvalue weighted by atomic mass is 10.1. The Morgan fingerprint density at radius 1 is 0.857 bits per heavy atom. The molecule has 5 rings (SSSR count). The number of benzene rings is 2. The van der Waals surface area contributed by atoms with Crippen molar-refractivity contribution in [1.82, 2.24) is 19.6 Å². The van der Waals surface area contributed by atoms with E-state index in [2.05, 4.69) is 63.4 Å². The summed E-state index contributed by atoms with van der Waals surface area (Å²) in [5.41, 5.74) is 5.63.